The Hall–Kier alpha value is -2.10. The van der Waals surface area contributed by atoms with Crippen molar-refractivity contribution in [3.8, 4) is 5.69 Å². The molecule has 0 aliphatic heterocycles. The molecule has 0 bridgehead atoms. The first-order valence-electron chi connectivity index (χ1n) is 10.8. The molecule has 5 aromatic rings. The van der Waals surface area contributed by atoms with Crippen molar-refractivity contribution in [3.63, 3.8) is 0 Å². The third kappa shape index (κ3) is 1.90. The van der Waals surface area contributed by atoms with Crippen LogP contribution >= 0.6 is 27.3 Å². The van der Waals surface area contributed by atoms with E-state index < -0.39 is 24.2 Å². The maximum absolute atomic E-state index is 8.53. The lowest BCUT2D eigenvalue weighted by Gasteiger charge is -2.08. The summed E-state index contributed by atoms with van der Waals surface area (Å²) in [6.45, 7) is 0. The first-order valence-corrected chi connectivity index (χ1v) is 8.50. The molecule has 23 heavy (non-hydrogen) atoms. The lowest BCUT2D eigenvalue weighted by molar-refractivity contribution is 1.19. The maximum atomic E-state index is 8.53. The minimum Gasteiger partial charge on any atom is -0.309 e. The van der Waals surface area contributed by atoms with Crippen LogP contribution in [0.5, 0.6) is 0 Å². The summed E-state index contributed by atoms with van der Waals surface area (Å²) in [7, 11) is 0. The standard InChI is InChI=1S/C20H12BrNS/c21-17-12-23-20-11-13(9-10-16(17)20)22-18-7-3-1-5-14(18)15-6-2-4-8-19(15)22/h1-12H/i1D,2D,3D,4D,5D,6D,7D,8D. The highest BCUT2D eigenvalue weighted by Crippen LogP contribution is 2.35. The normalized spacial score (nSPS) is 16.6. The Morgan fingerprint density at radius 1 is 0.870 bits per heavy atom. The van der Waals surface area contributed by atoms with Gasteiger partial charge in [-0.1, -0.05) is 42.3 Å². The highest BCUT2D eigenvalue weighted by molar-refractivity contribution is 9.10. The summed E-state index contributed by atoms with van der Waals surface area (Å²) < 4.78 is 69.8. The molecular formula is C20H12BrNS. The average molecular weight is 386 g/mol. The summed E-state index contributed by atoms with van der Waals surface area (Å²) in [6.07, 6.45) is 0. The molecule has 0 amide bonds. The molecule has 0 saturated heterocycles. The number of benzene rings is 3. The van der Waals surface area contributed by atoms with E-state index in [0.29, 0.717) is 5.69 Å². The molecule has 0 fully saturated rings. The van der Waals surface area contributed by atoms with Gasteiger partial charge in [0, 0.05) is 36.4 Å². The van der Waals surface area contributed by atoms with Gasteiger partial charge >= 0.3 is 0 Å². The van der Waals surface area contributed by atoms with Gasteiger partial charge in [-0.15, -0.1) is 11.3 Å². The zero-order valence-corrected chi connectivity index (χ0v) is 13.9. The van der Waals surface area contributed by atoms with Crippen molar-refractivity contribution in [1.82, 2.24) is 4.57 Å². The van der Waals surface area contributed by atoms with Gasteiger partial charge in [0.05, 0.1) is 22.0 Å². The molecule has 0 atom stereocenters. The summed E-state index contributed by atoms with van der Waals surface area (Å²) in [6, 6.07) is 2.53. The lowest BCUT2D eigenvalue weighted by Crippen LogP contribution is -1.92. The van der Waals surface area contributed by atoms with E-state index in [4.69, 9.17) is 11.0 Å². The fourth-order valence-electron chi connectivity index (χ4n) is 2.80. The van der Waals surface area contributed by atoms with Crippen LogP contribution in [0.3, 0.4) is 0 Å². The number of hydrogen-bond donors (Lipinski definition) is 0. The number of rotatable bonds is 1. The lowest BCUT2D eigenvalue weighted by atomic mass is 10.2. The number of halogens is 1. The van der Waals surface area contributed by atoms with Crippen molar-refractivity contribution < 1.29 is 11.0 Å². The topological polar surface area (TPSA) is 4.93 Å². The Balaban J connectivity index is 2.11. The van der Waals surface area contributed by atoms with Crippen molar-refractivity contribution in [2.45, 2.75) is 0 Å². The smallest absolute Gasteiger partial charge is 0.0645 e. The zero-order chi connectivity index (χ0) is 22.4. The van der Waals surface area contributed by atoms with Crippen LogP contribution in [0.25, 0.3) is 37.6 Å². The van der Waals surface area contributed by atoms with E-state index in [0.717, 1.165) is 14.6 Å². The molecule has 0 radical (unpaired) electrons. The molecule has 0 aliphatic carbocycles. The predicted molar refractivity (Wildman–Crippen MR) is 104 cm³/mol. The highest BCUT2D eigenvalue weighted by atomic mass is 79.9. The Kier molecular flexibility index (Phi) is 1.65. The van der Waals surface area contributed by atoms with Crippen LogP contribution in [-0.4, -0.2) is 4.57 Å². The predicted octanol–water partition coefficient (Wildman–Crippen LogP) is 6.76. The van der Waals surface area contributed by atoms with E-state index in [9.17, 15) is 0 Å². The Morgan fingerprint density at radius 2 is 1.52 bits per heavy atom. The van der Waals surface area contributed by atoms with Gasteiger partial charge in [0.15, 0.2) is 0 Å². The van der Waals surface area contributed by atoms with E-state index in [1.54, 1.807) is 6.07 Å². The number of para-hydroxylation sites is 2. The van der Waals surface area contributed by atoms with Gasteiger partial charge in [-0.05, 0) is 40.1 Å². The van der Waals surface area contributed by atoms with Gasteiger partial charge < -0.3 is 4.57 Å². The molecule has 0 spiro atoms. The summed E-state index contributed by atoms with van der Waals surface area (Å²) in [5.41, 5.74) is 0.808. The van der Waals surface area contributed by atoms with Crippen LogP contribution < -0.4 is 0 Å². The molecule has 0 aliphatic rings. The first-order chi connectivity index (χ1) is 14.6. The molecule has 1 nitrogen and oxygen atoms in total. The van der Waals surface area contributed by atoms with Gasteiger partial charge in [-0.25, -0.2) is 0 Å². The molecule has 0 saturated carbocycles. The van der Waals surface area contributed by atoms with Crippen LogP contribution in [0.1, 0.15) is 11.0 Å². The molecule has 110 valence electrons. The quantitative estimate of drug-likeness (QED) is 0.300. The summed E-state index contributed by atoms with van der Waals surface area (Å²) in [4.78, 5) is 0. The minimum atomic E-state index is -0.443. The number of fused-ring (bicyclic) bond motifs is 4. The number of thiophene rings is 1. The van der Waals surface area contributed by atoms with Crippen molar-refractivity contribution >= 4 is 59.2 Å². The van der Waals surface area contributed by atoms with Crippen LogP contribution in [0.15, 0.2) is 76.4 Å². The van der Waals surface area contributed by atoms with Crippen molar-refractivity contribution in [2.24, 2.45) is 0 Å². The SMILES string of the molecule is [2H]c1c([2H])c([2H])c2c(c1[2H])c1c([2H])c([2H])c([2H])c([2H])c1n2-c1ccc2c(Br)csc2c1. The van der Waals surface area contributed by atoms with Gasteiger partial charge in [-0.2, -0.15) is 0 Å². The maximum Gasteiger partial charge on any atom is 0.0645 e. The van der Waals surface area contributed by atoms with E-state index in [-0.39, 0.29) is 46.0 Å². The minimum absolute atomic E-state index is 0.0838. The second-order valence-electron chi connectivity index (χ2n) is 5.05. The van der Waals surface area contributed by atoms with Crippen molar-refractivity contribution in [1.29, 1.82) is 0 Å². The second-order valence-corrected chi connectivity index (χ2v) is 6.81. The Bertz CT molecular complexity index is 1510. The molecule has 5 rings (SSSR count). The summed E-state index contributed by atoms with van der Waals surface area (Å²) in [5, 5.41) is 3.10. The van der Waals surface area contributed by atoms with Gasteiger partial charge in [-0.3, -0.25) is 0 Å². The van der Waals surface area contributed by atoms with Gasteiger partial charge in [0.25, 0.3) is 0 Å². The van der Waals surface area contributed by atoms with E-state index in [1.807, 2.05) is 17.5 Å². The van der Waals surface area contributed by atoms with E-state index in [1.165, 1.54) is 15.9 Å². The number of aromatic nitrogens is 1. The average Bonchev–Trinajstić information content (AvgIpc) is 3.31. The fraction of sp³-hybridized carbons (Fsp3) is 0. The Morgan fingerprint density at radius 3 is 2.22 bits per heavy atom. The molecule has 2 aromatic heterocycles. The molecule has 2 heterocycles. The van der Waals surface area contributed by atoms with Crippen LogP contribution in [0.4, 0.5) is 0 Å². The van der Waals surface area contributed by atoms with Crippen LogP contribution in [0.2, 0.25) is 0 Å². The van der Waals surface area contributed by atoms with Crippen LogP contribution in [-0.2, 0) is 0 Å². The third-order valence-corrected chi connectivity index (χ3v) is 5.71. The zero-order valence-electron chi connectivity index (χ0n) is 19.5. The van der Waals surface area contributed by atoms with E-state index in [2.05, 4.69) is 15.9 Å². The largest absolute Gasteiger partial charge is 0.309 e. The monoisotopic (exact) mass is 385 g/mol. The second kappa shape index (κ2) is 4.95. The third-order valence-electron chi connectivity index (χ3n) is 3.80. The Labute approximate surface area is 157 Å². The number of nitrogens with zero attached hydrogens (tertiary/aromatic N) is 1. The van der Waals surface area contributed by atoms with Gasteiger partial charge in [0.2, 0.25) is 0 Å². The fourth-order valence-corrected chi connectivity index (χ4v) is 4.41. The van der Waals surface area contributed by atoms with Gasteiger partial charge in [0.1, 0.15) is 0 Å². The molecule has 0 N–H and O–H groups in total. The van der Waals surface area contributed by atoms with Crippen molar-refractivity contribution in [3.05, 3.63) is 76.4 Å². The molecular weight excluding hydrogens is 366 g/mol. The van der Waals surface area contributed by atoms with E-state index >= 15 is 0 Å². The highest BCUT2D eigenvalue weighted by Gasteiger charge is 2.12. The molecule has 3 aromatic carbocycles. The molecule has 3 heteroatoms. The summed E-state index contributed by atoms with van der Waals surface area (Å²) >= 11 is 5.00. The van der Waals surface area contributed by atoms with Crippen LogP contribution in [0, 0.1) is 0 Å². The summed E-state index contributed by atoms with van der Waals surface area (Å²) in [5.74, 6) is 0. The first kappa shape index (κ1) is 7.65. The number of hydrogen-bond acceptors (Lipinski definition) is 1. The van der Waals surface area contributed by atoms with Crippen molar-refractivity contribution in [2.75, 3.05) is 0 Å². The molecule has 0 unspecified atom stereocenters.